The molecule has 0 spiro atoms. The van der Waals surface area contributed by atoms with Gasteiger partial charge in [0.05, 0.1) is 11.1 Å². The van der Waals surface area contributed by atoms with Gasteiger partial charge in [0.15, 0.2) is 0 Å². The first-order valence-electron chi connectivity index (χ1n) is 11.4. The third kappa shape index (κ3) is 7.18. The molecule has 1 saturated heterocycles. The zero-order valence-corrected chi connectivity index (χ0v) is 19.8. The van der Waals surface area contributed by atoms with Gasteiger partial charge in [0.1, 0.15) is 0 Å². The second-order valence-corrected chi connectivity index (χ2v) is 10.4. The van der Waals surface area contributed by atoms with Gasteiger partial charge in [-0.3, -0.25) is 4.90 Å². The molecule has 0 saturated carbocycles. The molecule has 1 nitrogen and oxygen atoms in total. The van der Waals surface area contributed by atoms with Gasteiger partial charge in [0, 0.05) is 31.5 Å². The Hall–Kier alpha value is -2.16. The van der Waals surface area contributed by atoms with Crippen LogP contribution in [0.1, 0.15) is 80.8 Å². The minimum absolute atomic E-state index is 0.0332. The Balaban J connectivity index is 2.01. The lowest BCUT2D eigenvalue weighted by molar-refractivity contribution is -0.138. The Kier molecular flexibility index (Phi) is 7.61. The average molecular weight is 508 g/mol. The van der Waals surface area contributed by atoms with Crippen LogP contribution in [-0.4, -0.2) is 17.4 Å². The molecule has 0 radical (unpaired) electrons. The number of halogens is 8. The van der Waals surface area contributed by atoms with Gasteiger partial charge in [-0.05, 0) is 53.6 Å². The van der Waals surface area contributed by atoms with E-state index in [9.17, 15) is 35.1 Å². The minimum atomic E-state index is -4.55. The Morgan fingerprint density at radius 2 is 1.31 bits per heavy atom. The summed E-state index contributed by atoms with van der Waals surface area (Å²) in [6.07, 6.45) is -8.90. The van der Waals surface area contributed by atoms with Crippen LogP contribution in [0.15, 0.2) is 48.5 Å². The summed E-state index contributed by atoms with van der Waals surface area (Å²) in [5.41, 5.74) is -0.912. The van der Waals surface area contributed by atoms with Crippen LogP contribution in [0.2, 0.25) is 0 Å². The largest absolute Gasteiger partial charge is 0.416 e. The first-order valence-corrected chi connectivity index (χ1v) is 11.4. The molecular weight excluding hydrogens is 478 g/mol. The molecule has 0 aromatic heterocycles. The van der Waals surface area contributed by atoms with Crippen LogP contribution >= 0.6 is 0 Å². The van der Waals surface area contributed by atoms with Gasteiger partial charge >= 0.3 is 12.4 Å². The van der Waals surface area contributed by atoms with E-state index in [0.29, 0.717) is 24.0 Å². The number of hydrogen-bond acceptors (Lipinski definition) is 1. The zero-order chi connectivity index (χ0) is 26.2. The summed E-state index contributed by atoms with van der Waals surface area (Å²) in [4.78, 5) is 1.81. The fourth-order valence-electron chi connectivity index (χ4n) is 4.52. The third-order valence-electron chi connectivity index (χ3n) is 6.44. The van der Waals surface area contributed by atoms with Crippen LogP contribution in [0.3, 0.4) is 0 Å². The van der Waals surface area contributed by atoms with Gasteiger partial charge in [0.2, 0.25) is 0 Å². The predicted octanol–water partition coefficient (Wildman–Crippen LogP) is 9.06. The maximum Gasteiger partial charge on any atom is 0.416 e. The van der Waals surface area contributed by atoms with Crippen LogP contribution in [0, 0.1) is 5.41 Å². The molecule has 1 fully saturated rings. The normalized spacial score (nSPS) is 20.6. The molecule has 1 heterocycles. The second-order valence-electron chi connectivity index (χ2n) is 10.4. The Labute approximate surface area is 200 Å². The Morgan fingerprint density at radius 3 is 1.77 bits per heavy atom. The minimum Gasteiger partial charge on any atom is -0.289 e. The number of likely N-dealkylation sites (tertiary alicyclic amines) is 1. The maximum absolute atomic E-state index is 14.5. The van der Waals surface area contributed by atoms with Gasteiger partial charge in [-0.25, -0.2) is 8.78 Å². The fraction of sp³-hybridized carbons (Fsp3) is 0.538. The summed E-state index contributed by atoms with van der Waals surface area (Å²) in [6, 6.07) is 7.53. The van der Waals surface area contributed by atoms with Gasteiger partial charge in [-0.15, -0.1) is 0 Å². The highest BCUT2D eigenvalue weighted by atomic mass is 19.4. The van der Waals surface area contributed by atoms with Crippen molar-refractivity contribution in [2.45, 2.75) is 76.8 Å². The smallest absolute Gasteiger partial charge is 0.289 e. The first kappa shape index (κ1) is 27.4. The Bertz CT molecular complexity index is 969. The van der Waals surface area contributed by atoms with Gasteiger partial charge < -0.3 is 0 Å². The molecule has 2 aromatic carbocycles. The summed E-state index contributed by atoms with van der Waals surface area (Å²) in [5, 5.41) is 0. The van der Waals surface area contributed by atoms with E-state index in [1.54, 1.807) is 0 Å². The number of rotatable bonds is 5. The van der Waals surface area contributed by atoms with Crippen molar-refractivity contribution >= 4 is 0 Å². The zero-order valence-electron chi connectivity index (χ0n) is 19.8. The van der Waals surface area contributed by atoms with Gasteiger partial charge in [0.25, 0.3) is 5.92 Å². The van der Waals surface area contributed by atoms with Crippen molar-refractivity contribution in [2.75, 3.05) is 6.54 Å². The van der Waals surface area contributed by atoms with Crippen molar-refractivity contribution < 1.29 is 35.1 Å². The van der Waals surface area contributed by atoms with Crippen LogP contribution in [0.25, 0.3) is 0 Å². The molecule has 0 aliphatic carbocycles. The molecule has 1 aliphatic heterocycles. The van der Waals surface area contributed by atoms with Gasteiger partial charge in [-0.2, -0.15) is 26.3 Å². The Morgan fingerprint density at radius 1 is 0.829 bits per heavy atom. The number of hydrogen-bond donors (Lipinski definition) is 0. The molecule has 0 N–H and O–H groups in total. The van der Waals surface area contributed by atoms with E-state index < -0.39 is 54.3 Å². The van der Waals surface area contributed by atoms with Crippen LogP contribution in [0.4, 0.5) is 35.1 Å². The van der Waals surface area contributed by atoms with E-state index in [1.807, 2.05) is 25.7 Å². The number of piperidine rings is 1. The highest BCUT2D eigenvalue weighted by molar-refractivity contribution is 5.30. The lowest BCUT2D eigenvalue weighted by Crippen LogP contribution is -2.44. The lowest BCUT2D eigenvalue weighted by Gasteiger charge is -2.45. The van der Waals surface area contributed by atoms with E-state index in [0.717, 1.165) is 24.3 Å². The number of benzene rings is 2. The average Bonchev–Trinajstić information content (AvgIpc) is 2.73. The van der Waals surface area contributed by atoms with Crippen molar-refractivity contribution in [3.63, 3.8) is 0 Å². The molecular formula is C26H29F8N. The van der Waals surface area contributed by atoms with E-state index in [4.69, 9.17) is 0 Å². The summed E-state index contributed by atoms with van der Waals surface area (Å²) in [7, 11) is 0. The summed E-state index contributed by atoms with van der Waals surface area (Å²) in [6.45, 7) is 5.99. The summed E-state index contributed by atoms with van der Waals surface area (Å²) in [5.74, 6) is -3.00. The fourth-order valence-corrected chi connectivity index (χ4v) is 4.52. The van der Waals surface area contributed by atoms with Crippen molar-refractivity contribution in [3.8, 4) is 0 Å². The van der Waals surface area contributed by atoms with Gasteiger partial charge in [-0.1, -0.05) is 45.0 Å². The molecule has 194 valence electrons. The van der Waals surface area contributed by atoms with Crippen molar-refractivity contribution in [2.24, 2.45) is 5.41 Å². The monoisotopic (exact) mass is 507 g/mol. The molecule has 35 heavy (non-hydrogen) atoms. The summed E-state index contributed by atoms with van der Waals surface area (Å²) < 4.78 is 107. The molecule has 3 rings (SSSR count). The van der Waals surface area contributed by atoms with E-state index >= 15 is 0 Å². The molecule has 0 amide bonds. The van der Waals surface area contributed by atoms with Crippen LogP contribution in [0.5, 0.6) is 0 Å². The third-order valence-corrected chi connectivity index (χ3v) is 6.44. The van der Waals surface area contributed by atoms with Crippen LogP contribution in [-0.2, 0) is 12.4 Å². The van der Waals surface area contributed by atoms with Crippen LogP contribution < -0.4 is 0 Å². The quantitative estimate of drug-likeness (QED) is 0.365. The lowest BCUT2D eigenvalue weighted by atomic mass is 9.84. The van der Waals surface area contributed by atoms with Crippen molar-refractivity contribution in [1.82, 2.24) is 4.90 Å². The molecule has 2 atom stereocenters. The maximum atomic E-state index is 14.5. The predicted molar refractivity (Wildman–Crippen MR) is 118 cm³/mol. The number of nitrogens with zero attached hydrogens (tertiary/aromatic N) is 1. The molecule has 0 bridgehead atoms. The number of alkyl halides is 8. The molecule has 2 unspecified atom stereocenters. The standard InChI is InChI=1S/C26H29F8N/c1-23(2,3)13-12-21(17-4-8-19(9-5-17)25(29,30)31)35-15-14-24(27,28)16-22(35)18-6-10-20(11-7-18)26(32,33)34/h4-11,21-22H,12-16H2,1-3H3. The van der Waals surface area contributed by atoms with E-state index in [1.165, 1.54) is 24.3 Å². The van der Waals surface area contributed by atoms with E-state index in [2.05, 4.69) is 0 Å². The highest BCUT2D eigenvalue weighted by Crippen LogP contribution is 2.46. The van der Waals surface area contributed by atoms with Crippen molar-refractivity contribution in [3.05, 3.63) is 70.8 Å². The SMILES string of the molecule is CC(C)(C)CCC(c1ccc(C(F)(F)F)cc1)N1CCC(F)(F)CC1c1ccc(C(F)(F)F)cc1. The first-order chi connectivity index (χ1) is 16.0. The molecule has 9 heteroatoms. The second kappa shape index (κ2) is 9.71. The van der Waals surface area contributed by atoms with Crippen molar-refractivity contribution in [1.29, 1.82) is 0 Å². The topological polar surface area (TPSA) is 3.24 Å². The summed E-state index contributed by atoms with van der Waals surface area (Å²) >= 11 is 0. The molecule has 2 aromatic rings. The highest BCUT2D eigenvalue weighted by Gasteiger charge is 2.44. The van der Waals surface area contributed by atoms with E-state index in [-0.39, 0.29) is 12.0 Å². The molecule has 1 aliphatic rings.